The quantitative estimate of drug-likeness (QED) is 0.174. The highest BCUT2D eigenvalue weighted by atomic mass is 32.1. The van der Waals surface area contributed by atoms with Crippen molar-refractivity contribution in [3.8, 4) is 33.4 Å². The summed E-state index contributed by atoms with van der Waals surface area (Å²) in [5, 5.41) is 8.00. The van der Waals surface area contributed by atoms with E-state index in [0.717, 1.165) is 0 Å². The summed E-state index contributed by atoms with van der Waals surface area (Å²) in [6.45, 7) is 8.00. The van der Waals surface area contributed by atoms with Crippen LogP contribution < -0.4 is 0 Å². The van der Waals surface area contributed by atoms with Crippen molar-refractivity contribution in [2.24, 2.45) is 0 Å². The van der Waals surface area contributed by atoms with Crippen LogP contribution >= 0.6 is 34.0 Å². The van der Waals surface area contributed by atoms with Gasteiger partial charge >= 0.3 is 0 Å². The molecule has 0 aliphatic heterocycles. The molecule has 3 aromatic heterocycles. The van der Waals surface area contributed by atoms with Crippen LogP contribution in [0.25, 0.3) is 93.9 Å². The van der Waals surface area contributed by atoms with Gasteiger partial charge in [-0.15, -0.1) is 34.0 Å². The molecule has 3 heteroatoms. The van der Waals surface area contributed by atoms with Gasteiger partial charge in [-0.1, -0.05) is 137 Å². The largest absolute Gasteiger partial charge is 0.135 e. The summed E-state index contributed by atoms with van der Waals surface area (Å²) in [4.78, 5) is 0. The number of thiophene rings is 3. The van der Waals surface area contributed by atoms with E-state index in [1.165, 1.54) is 93.9 Å². The van der Waals surface area contributed by atoms with E-state index >= 15 is 0 Å². The number of rotatable bonds is 3. The Morgan fingerprint density at radius 2 is 0.551 bits per heavy atom. The minimum Gasteiger partial charge on any atom is -0.135 e. The van der Waals surface area contributed by atoms with Crippen LogP contribution in [0.3, 0.4) is 0 Å². The molecule has 0 fully saturated rings. The molecule has 3 heterocycles. The van der Waals surface area contributed by atoms with E-state index in [1.807, 2.05) is 61.7 Å². The maximum absolute atomic E-state index is 2.42. The normalized spacial score (nSPS) is 11.3. The Bertz CT molecular complexity index is 2450. The second kappa shape index (κ2) is 13.2. The number of fused-ring (bicyclic) bond motifs is 9. The Morgan fingerprint density at radius 1 is 0.286 bits per heavy atom. The van der Waals surface area contributed by atoms with Crippen LogP contribution in [0.1, 0.15) is 27.7 Å². The first-order valence-electron chi connectivity index (χ1n) is 17.2. The molecule has 0 bridgehead atoms. The fraction of sp³-hybridized carbons (Fsp3) is 0.0870. The van der Waals surface area contributed by atoms with Gasteiger partial charge in [0.25, 0.3) is 0 Å². The third kappa shape index (κ3) is 5.25. The zero-order valence-corrected chi connectivity index (χ0v) is 30.5. The zero-order valence-electron chi connectivity index (χ0n) is 28.1. The van der Waals surface area contributed by atoms with Gasteiger partial charge in [-0.25, -0.2) is 0 Å². The predicted molar refractivity (Wildman–Crippen MR) is 224 cm³/mol. The van der Waals surface area contributed by atoms with Gasteiger partial charge in [0, 0.05) is 60.5 Å². The molecule has 0 radical (unpaired) electrons. The average molecular weight is 685 g/mol. The van der Waals surface area contributed by atoms with E-state index in [9.17, 15) is 0 Å². The summed E-state index contributed by atoms with van der Waals surface area (Å²) in [6.07, 6.45) is 0. The summed E-state index contributed by atoms with van der Waals surface area (Å²) in [5.74, 6) is 0. The maximum atomic E-state index is 2.42. The number of benzene rings is 7. The summed E-state index contributed by atoms with van der Waals surface area (Å²) < 4.78 is 8.05. The molecule has 0 nitrogen and oxygen atoms in total. The number of hydrogen-bond acceptors (Lipinski definition) is 3. The van der Waals surface area contributed by atoms with Crippen molar-refractivity contribution in [3.05, 3.63) is 146 Å². The van der Waals surface area contributed by atoms with E-state index in [0.29, 0.717) is 0 Å². The van der Waals surface area contributed by atoms with Crippen LogP contribution in [0, 0.1) is 0 Å². The molecule has 10 aromatic rings. The zero-order chi connectivity index (χ0) is 33.5. The molecule has 0 spiro atoms. The lowest BCUT2D eigenvalue weighted by molar-refractivity contribution is 1.50. The lowest BCUT2D eigenvalue weighted by Gasteiger charge is -2.13. The summed E-state index contributed by atoms with van der Waals surface area (Å²) in [6, 6.07) is 54.1. The van der Waals surface area contributed by atoms with Gasteiger partial charge < -0.3 is 0 Å². The van der Waals surface area contributed by atoms with Crippen molar-refractivity contribution in [3.63, 3.8) is 0 Å². The fourth-order valence-corrected chi connectivity index (χ4v) is 10.7. The SMILES string of the molecule is CC.CC.c1ccc2c(c1)sc1c(-c3cc(-c4cccc5c4sc4ccccc45)cc(-c4cccc5c4sc4ccccc45)c3)cccc12. The highest BCUT2D eigenvalue weighted by Crippen LogP contribution is 2.46. The van der Waals surface area contributed by atoms with E-state index in [4.69, 9.17) is 0 Å². The molecule has 0 atom stereocenters. The van der Waals surface area contributed by atoms with E-state index in [-0.39, 0.29) is 0 Å². The molecule has 0 aliphatic rings. The Kier molecular flexibility index (Phi) is 8.51. The minimum atomic E-state index is 1.26. The van der Waals surface area contributed by atoms with Gasteiger partial charge in [-0.3, -0.25) is 0 Å². The fourth-order valence-electron chi connectivity index (χ4n) is 7.02. The summed E-state index contributed by atoms with van der Waals surface area (Å²) in [7, 11) is 0. The van der Waals surface area contributed by atoms with Gasteiger partial charge in [-0.05, 0) is 69.8 Å². The van der Waals surface area contributed by atoms with Crippen LogP contribution in [0.4, 0.5) is 0 Å². The van der Waals surface area contributed by atoms with Gasteiger partial charge in [0.2, 0.25) is 0 Å². The Balaban J connectivity index is 0.000000843. The first-order valence-corrected chi connectivity index (χ1v) is 19.6. The van der Waals surface area contributed by atoms with Gasteiger partial charge in [0.05, 0.1) is 0 Å². The molecule has 0 saturated heterocycles. The maximum Gasteiger partial charge on any atom is 0.0433 e. The van der Waals surface area contributed by atoms with Crippen LogP contribution in [0.2, 0.25) is 0 Å². The standard InChI is InChI=1S/C42H24S3.2C2H6/c1-4-19-37-31(10-1)34-16-7-13-28(40(34)43-37)25-22-26(29-14-8-17-35-32-11-2-5-20-38(32)44-41(29)35)24-27(23-25)30-15-9-18-36-33-12-3-6-21-39(33)45-42(30)36;2*1-2/h1-24H;2*1-2H3. The molecule has 10 rings (SSSR count). The van der Waals surface area contributed by atoms with E-state index < -0.39 is 0 Å². The first-order chi connectivity index (χ1) is 24.3. The third-order valence-corrected chi connectivity index (χ3v) is 12.7. The second-order valence-electron chi connectivity index (χ2n) is 11.6. The Morgan fingerprint density at radius 3 is 0.857 bits per heavy atom. The molecule has 0 aliphatic carbocycles. The van der Waals surface area contributed by atoms with Gasteiger partial charge in [0.15, 0.2) is 0 Å². The lowest BCUT2D eigenvalue weighted by atomic mass is 9.92. The predicted octanol–water partition coefficient (Wildman–Crippen LogP) is 15.8. The highest BCUT2D eigenvalue weighted by Gasteiger charge is 2.17. The molecular weight excluding hydrogens is 649 g/mol. The topological polar surface area (TPSA) is 0 Å². The van der Waals surface area contributed by atoms with Crippen molar-refractivity contribution >= 4 is 94.5 Å². The summed E-state index contributed by atoms with van der Waals surface area (Å²) in [5.41, 5.74) is 7.67. The average Bonchev–Trinajstić information content (AvgIpc) is 3.87. The third-order valence-electron chi connectivity index (χ3n) is 9.08. The molecule has 7 aromatic carbocycles. The Labute approximate surface area is 299 Å². The second-order valence-corrected chi connectivity index (χ2v) is 14.8. The lowest BCUT2D eigenvalue weighted by Crippen LogP contribution is -1.87. The van der Waals surface area contributed by atoms with E-state index in [2.05, 4.69) is 146 Å². The van der Waals surface area contributed by atoms with Crippen LogP contribution in [-0.4, -0.2) is 0 Å². The molecule has 0 amide bonds. The highest BCUT2D eigenvalue weighted by molar-refractivity contribution is 7.27. The van der Waals surface area contributed by atoms with E-state index in [1.54, 1.807) is 0 Å². The molecular formula is C46H36S3. The molecule has 49 heavy (non-hydrogen) atoms. The Hall–Kier alpha value is -4.80. The van der Waals surface area contributed by atoms with Gasteiger partial charge in [0.1, 0.15) is 0 Å². The molecule has 0 unspecified atom stereocenters. The smallest absolute Gasteiger partial charge is 0.0433 e. The van der Waals surface area contributed by atoms with Crippen molar-refractivity contribution in [1.29, 1.82) is 0 Å². The summed E-state index contributed by atoms with van der Waals surface area (Å²) >= 11 is 5.70. The van der Waals surface area contributed by atoms with Crippen LogP contribution in [0.15, 0.2) is 146 Å². The van der Waals surface area contributed by atoms with Crippen molar-refractivity contribution < 1.29 is 0 Å². The minimum absolute atomic E-state index is 1.26. The van der Waals surface area contributed by atoms with Gasteiger partial charge in [-0.2, -0.15) is 0 Å². The monoisotopic (exact) mass is 684 g/mol. The molecule has 238 valence electrons. The molecule has 0 saturated carbocycles. The van der Waals surface area contributed by atoms with Crippen molar-refractivity contribution in [2.75, 3.05) is 0 Å². The first kappa shape index (κ1) is 31.5. The van der Waals surface area contributed by atoms with Crippen molar-refractivity contribution in [1.82, 2.24) is 0 Å². The van der Waals surface area contributed by atoms with Crippen LogP contribution in [-0.2, 0) is 0 Å². The molecule has 0 N–H and O–H groups in total. The number of hydrogen-bond donors (Lipinski definition) is 0. The van der Waals surface area contributed by atoms with Crippen LogP contribution in [0.5, 0.6) is 0 Å². The van der Waals surface area contributed by atoms with Crippen molar-refractivity contribution in [2.45, 2.75) is 27.7 Å².